The molecule has 0 amide bonds. The van der Waals surface area contributed by atoms with Crippen LogP contribution < -0.4 is 0 Å². The highest BCUT2D eigenvalue weighted by molar-refractivity contribution is 8.01. The molecule has 3 rings (SSSR count). The summed E-state index contributed by atoms with van der Waals surface area (Å²) in [4.78, 5) is 16.6. The first-order valence-electron chi connectivity index (χ1n) is 6.51. The molecule has 2 unspecified atom stereocenters. The molecule has 0 radical (unpaired) electrons. The number of carbonyl (C=O) groups is 1. The summed E-state index contributed by atoms with van der Waals surface area (Å²) in [7, 11) is 0. The Balaban J connectivity index is 1.98. The predicted molar refractivity (Wildman–Crippen MR) is 73.8 cm³/mol. The Hall–Kier alpha value is -1.03. The van der Waals surface area contributed by atoms with E-state index in [4.69, 9.17) is 4.74 Å². The van der Waals surface area contributed by atoms with E-state index in [1.807, 2.05) is 18.7 Å². The van der Waals surface area contributed by atoms with Crippen molar-refractivity contribution in [2.24, 2.45) is 10.9 Å². The molecule has 0 aromatic heterocycles. The van der Waals surface area contributed by atoms with Crippen molar-refractivity contribution in [1.29, 1.82) is 0 Å². The summed E-state index contributed by atoms with van der Waals surface area (Å²) < 4.78 is 5.21. The highest BCUT2D eigenvalue weighted by atomic mass is 32.2. The van der Waals surface area contributed by atoms with Crippen LogP contribution in [0.2, 0.25) is 0 Å². The molecule has 0 N–H and O–H groups in total. The molecule has 2 atom stereocenters. The number of esters is 1. The van der Waals surface area contributed by atoms with E-state index in [2.05, 4.69) is 17.1 Å². The topological polar surface area (TPSA) is 38.7 Å². The second-order valence-corrected chi connectivity index (χ2v) is 6.26. The molecule has 0 aromatic carbocycles. The fourth-order valence-corrected chi connectivity index (χ4v) is 4.82. The Morgan fingerprint density at radius 2 is 2.50 bits per heavy atom. The van der Waals surface area contributed by atoms with Gasteiger partial charge in [-0.1, -0.05) is 12.2 Å². The molecule has 18 heavy (non-hydrogen) atoms. The Morgan fingerprint density at radius 3 is 3.33 bits per heavy atom. The maximum Gasteiger partial charge on any atom is 0.335 e. The third-order valence-corrected chi connectivity index (χ3v) is 5.60. The summed E-state index contributed by atoms with van der Waals surface area (Å²) in [6, 6.07) is 0. The summed E-state index contributed by atoms with van der Waals surface area (Å²) in [6.07, 6.45) is 9.15. The van der Waals surface area contributed by atoms with Gasteiger partial charge < -0.3 is 4.74 Å². The van der Waals surface area contributed by atoms with E-state index >= 15 is 0 Å². The second kappa shape index (κ2) is 4.57. The van der Waals surface area contributed by atoms with Crippen molar-refractivity contribution in [2.75, 3.05) is 12.4 Å². The zero-order chi connectivity index (χ0) is 12.6. The number of allylic oxidation sites excluding steroid dienone is 2. The van der Waals surface area contributed by atoms with E-state index in [0.29, 0.717) is 12.5 Å². The van der Waals surface area contributed by atoms with E-state index < -0.39 is 0 Å². The Kier molecular flexibility index (Phi) is 3.06. The summed E-state index contributed by atoms with van der Waals surface area (Å²) in [6.45, 7) is 2.28. The summed E-state index contributed by atoms with van der Waals surface area (Å²) in [5, 5.41) is 0. The predicted octanol–water partition coefficient (Wildman–Crippen LogP) is 2.73. The molecule has 1 aliphatic carbocycles. The van der Waals surface area contributed by atoms with Gasteiger partial charge in [0.25, 0.3) is 0 Å². The van der Waals surface area contributed by atoms with Crippen LogP contribution in [0.4, 0.5) is 0 Å². The molecule has 3 aliphatic rings. The lowest BCUT2D eigenvalue weighted by atomic mass is 9.74. The average molecular weight is 263 g/mol. The number of ether oxygens (including phenoxy) is 1. The molecule has 0 saturated carbocycles. The van der Waals surface area contributed by atoms with Crippen molar-refractivity contribution in [3.05, 3.63) is 23.9 Å². The maximum atomic E-state index is 12.0. The van der Waals surface area contributed by atoms with Crippen LogP contribution >= 0.6 is 11.8 Å². The van der Waals surface area contributed by atoms with Crippen LogP contribution in [0.5, 0.6) is 0 Å². The van der Waals surface area contributed by atoms with Crippen molar-refractivity contribution in [3.63, 3.8) is 0 Å². The lowest BCUT2D eigenvalue weighted by molar-refractivity contribution is -0.139. The number of carbonyl (C=O) groups excluding carboxylic acids is 1. The first-order chi connectivity index (χ1) is 8.78. The number of nitrogens with zero attached hydrogens (tertiary/aromatic N) is 1. The smallest absolute Gasteiger partial charge is 0.335 e. The van der Waals surface area contributed by atoms with Crippen LogP contribution in [0.1, 0.15) is 26.2 Å². The molecule has 3 nitrogen and oxygen atoms in total. The van der Waals surface area contributed by atoms with E-state index in [1.54, 1.807) is 6.20 Å². The normalized spacial score (nSPS) is 33.3. The molecule has 1 spiro atoms. The van der Waals surface area contributed by atoms with Crippen molar-refractivity contribution >= 4 is 23.4 Å². The molecule has 0 bridgehead atoms. The van der Waals surface area contributed by atoms with Crippen LogP contribution in [-0.4, -0.2) is 28.8 Å². The van der Waals surface area contributed by atoms with Crippen LogP contribution in [0, 0.1) is 5.92 Å². The Morgan fingerprint density at radius 1 is 1.61 bits per heavy atom. The van der Waals surface area contributed by atoms with Crippen LogP contribution in [0.15, 0.2) is 28.9 Å². The SMILES string of the molecule is CCOC(=O)C1=CN=C2CC=CCC23SCCC13. The first-order valence-corrected chi connectivity index (χ1v) is 7.50. The van der Waals surface area contributed by atoms with Crippen molar-refractivity contribution in [1.82, 2.24) is 0 Å². The van der Waals surface area contributed by atoms with Crippen LogP contribution in [-0.2, 0) is 9.53 Å². The minimum Gasteiger partial charge on any atom is -0.463 e. The fourth-order valence-electron chi connectivity index (χ4n) is 3.14. The zero-order valence-electron chi connectivity index (χ0n) is 10.5. The minimum absolute atomic E-state index is 0.0472. The molecule has 96 valence electrons. The summed E-state index contributed by atoms with van der Waals surface area (Å²) >= 11 is 1.97. The lowest BCUT2D eigenvalue weighted by Gasteiger charge is -2.39. The monoisotopic (exact) mass is 263 g/mol. The van der Waals surface area contributed by atoms with Gasteiger partial charge in [0.1, 0.15) is 0 Å². The number of hydrogen-bond acceptors (Lipinski definition) is 4. The molecule has 0 aromatic rings. The molecule has 2 aliphatic heterocycles. The quantitative estimate of drug-likeness (QED) is 0.568. The summed E-state index contributed by atoms with van der Waals surface area (Å²) in [5.74, 6) is 1.22. The molecular weight excluding hydrogens is 246 g/mol. The standard InChI is InChI=1S/C14H17NO2S/c1-2-17-13(16)10-9-15-12-5-3-4-7-14(12)11(10)6-8-18-14/h3-4,9,11H,2,5-8H2,1H3. The van der Waals surface area contributed by atoms with Crippen LogP contribution in [0.3, 0.4) is 0 Å². The third-order valence-electron chi connectivity index (χ3n) is 3.96. The Bertz CT molecular complexity index is 466. The van der Waals surface area contributed by atoms with Crippen molar-refractivity contribution in [2.45, 2.75) is 30.9 Å². The lowest BCUT2D eigenvalue weighted by Crippen LogP contribution is -2.44. The number of thioether (sulfide) groups is 1. The van der Waals surface area contributed by atoms with Gasteiger partial charge in [-0.15, -0.1) is 11.8 Å². The molecular formula is C14H17NO2S. The number of aliphatic imine (C=N–C) groups is 1. The van der Waals surface area contributed by atoms with Gasteiger partial charge >= 0.3 is 5.97 Å². The van der Waals surface area contributed by atoms with Gasteiger partial charge in [0, 0.05) is 24.3 Å². The minimum atomic E-state index is -0.179. The van der Waals surface area contributed by atoms with Gasteiger partial charge in [-0.2, -0.15) is 0 Å². The van der Waals surface area contributed by atoms with Crippen molar-refractivity contribution < 1.29 is 9.53 Å². The number of hydrogen-bond donors (Lipinski definition) is 0. The molecule has 1 fully saturated rings. The number of rotatable bonds is 2. The van der Waals surface area contributed by atoms with Gasteiger partial charge in [0.2, 0.25) is 0 Å². The Labute approximate surface area is 111 Å². The average Bonchev–Trinajstić information content (AvgIpc) is 2.80. The van der Waals surface area contributed by atoms with Gasteiger partial charge in [-0.05, 0) is 25.5 Å². The van der Waals surface area contributed by atoms with Gasteiger partial charge in [0.15, 0.2) is 0 Å². The highest BCUT2D eigenvalue weighted by Crippen LogP contribution is 2.53. The fraction of sp³-hybridized carbons (Fsp3) is 0.571. The maximum absolute atomic E-state index is 12.0. The van der Waals surface area contributed by atoms with Crippen LogP contribution in [0.25, 0.3) is 0 Å². The molecule has 1 saturated heterocycles. The first kappa shape index (κ1) is 12.0. The van der Waals surface area contributed by atoms with E-state index in [-0.39, 0.29) is 10.7 Å². The largest absolute Gasteiger partial charge is 0.463 e. The van der Waals surface area contributed by atoms with E-state index in [1.165, 1.54) is 5.71 Å². The van der Waals surface area contributed by atoms with E-state index in [0.717, 1.165) is 30.6 Å². The van der Waals surface area contributed by atoms with Gasteiger partial charge in [0.05, 0.1) is 16.9 Å². The van der Waals surface area contributed by atoms with Gasteiger partial charge in [-0.25, -0.2) is 4.79 Å². The third kappa shape index (κ3) is 1.66. The zero-order valence-corrected chi connectivity index (χ0v) is 11.3. The second-order valence-electron chi connectivity index (χ2n) is 4.84. The molecule has 4 heteroatoms. The molecule has 2 heterocycles. The van der Waals surface area contributed by atoms with E-state index in [9.17, 15) is 4.79 Å². The highest BCUT2D eigenvalue weighted by Gasteiger charge is 2.51. The van der Waals surface area contributed by atoms with Gasteiger partial charge in [-0.3, -0.25) is 4.99 Å². The summed E-state index contributed by atoms with van der Waals surface area (Å²) in [5.41, 5.74) is 2.02. The van der Waals surface area contributed by atoms with Crippen molar-refractivity contribution in [3.8, 4) is 0 Å².